The third kappa shape index (κ3) is 6.52. The summed E-state index contributed by atoms with van der Waals surface area (Å²) in [5.41, 5.74) is 0.831. The third-order valence-electron chi connectivity index (χ3n) is 4.20. The number of esters is 1. The Bertz CT molecular complexity index is 814. The van der Waals surface area contributed by atoms with Crippen molar-refractivity contribution in [3.8, 4) is 0 Å². The molecule has 1 saturated heterocycles. The van der Waals surface area contributed by atoms with Crippen LogP contribution < -0.4 is 4.72 Å². The molecule has 1 aliphatic rings. The second kappa shape index (κ2) is 9.54. The quantitative estimate of drug-likeness (QED) is 0.661. The molecule has 1 aliphatic heterocycles. The summed E-state index contributed by atoms with van der Waals surface area (Å²) < 4.78 is 29.6. The maximum Gasteiger partial charge on any atom is 0.306 e. The van der Waals surface area contributed by atoms with Gasteiger partial charge >= 0.3 is 5.97 Å². The number of sulfonamides is 1. The van der Waals surface area contributed by atoms with Crippen LogP contribution in [-0.2, 0) is 24.3 Å². The van der Waals surface area contributed by atoms with E-state index in [2.05, 4.69) is 4.72 Å². The topological polar surface area (TPSA) is 113 Å². The molecule has 0 saturated carbocycles. The van der Waals surface area contributed by atoms with Crippen LogP contribution in [0.5, 0.6) is 0 Å². The first-order chi connectivity index (χ1) is 13.2. The summed E-state index contributed by atoms with van der Waals surface area (Å²) >= 11 is 0. The molecule has 0 atom stereocenters. The first-order valence-corrected chi connectivity index (χ1v) is 10.9. The van der Waals surface area contributed by atoms with Crippen LogP contribution >= 0.6 is 0 Å². The SMILES string of the molecule is CCOC(=O)CCC(=O)N1CCN(C(=O)c2ccc(NS(C)(=O)=O)cc2)CC1. The number of hydrogen-bond donors (Lipinski definition) is 1. The summed E-state index contributed by atoms with van der Waals surface area (Å²) in [4.78, 5) is 39.4. The van der Waals surface area contributed by atoms with E-state index < -0.39 is 16.0 Å². The number of rotatable bonds is 7. The molecule has 9 nitrogen and oxygen atoms in total. The molecule has 0 bridgehead atoms. The Morgan fingerprint density at radius 2 is 1.57 bits per heavy atom. The van der Waals surface area contributed by atoms with E-state index in [4.69, 9.17) is 4.74 Å². The van der Waals surface area contributed by atoms with Crippen LogP contribution in [0, 0.1) is 0 Å². The third-order valence-corrected chi connectivity index (χ3v) is 4.81. The van der Waals surface area contributed by atoms with Crippen molar-refractivity contribution >= 4 is 33.5 Å². The van der Waals surface area contributed by atoms with Crippen LogP contribution in [-0.4, -0.2) is 75.0 Å². The van der Waals surface area contributed by atoms with Gasteiger partial charge in [-0.1, -0.05) is 0 Å². The number of carbonyl (C=O) groups excluding carboxylic acids is 3. The lowest BCUT2D eigenvalue weighted by molar-refractivity contribution is -0.146. The van der Waals surface area contributed by atoms with Crippen molar-refractivity contribution in [1.29, 1.82) is 0 Å². The van der Waals surface area contributed by atoms with Gasteiger partial charge in [0.15, 0.2) is 0 Å². The van der Waals surface area contributed by atoms with Gasteiger partial charge < -0.3 is 14.5 Å². The molecule has 0 spiro atoms. The standard InChI is InChI=1S/C18H25N3O6S/c1-3-27-17(23)9-8-16(22)20-10-12-21(13-11-20)18(24)14-4-6-15(7-5-14)19-28(2,25)26/h4-7,19H,3,8-13H2,1-2H3. The smallest absolute Gasteiger partial charge is 0.306 e. The molecule has 1 aromatic rings. The summed E-state index contributed by atoms with van der Waals surface area (Å²) in [5.74, 6) is -0.695. The largest absolute Gasteiger partial charge is 0.466 e. The van der Waals surface area contributed by atoms with Crippen LogP contribution in [0.25, 0.3) is 0 Å². The molecule has 0 aromatic heterocycles. The van der Waals surface area contributed by atoms with E-state index in [1.54, 1.807) is 28.9 Å². The molecular formula is C18H25N3O6S. The van der Waals surface area contributed by atoms with Crippen molar-refractivity contribution in [3.63, 3.8) is 0 Å². The Kier molecular flexibility index (Phi) is 7.38. The van der Waals surface area contributed by atoms with Gasteiger partial charge in [-0.2, -0.15) is 0 Å². The fourth-order valence-corrected chi connectivity index (χ4v) is 3.40. The zero-order valence-corrected chi connectivity index (χ0v) is 16.8. The Hall–Kier alpha value is -2.62. The average molecular weight is 411 g/mol. The summed E-state index contributed by atoms with van der Waals surface area (Å²) in [5, 5.41) is 0. The number of amides is 2. The predicted molar refractivity (Wildman–Crippen MR) is 103 cm³/mol. The van der Waals surface area contributed by atoms with Crippen LogP contribution in [0.2, 0.25) is 0 Å². The highest BCUT2D eigenvalue weighted by Gasteiger charge is 2.25. The van der Waals surface area contributed by atoms with Gasteiger partial charge in [0, 0.05) is 43.9 Å². The molecular weight excluding hydrogens is 386 g/mol. The number of hydrogen-bond acceptors (Lipinski definition) is 6. The molecule has 0 unspecified atom stereocenters. The molecule has 0 radical (unpaired) electrons. The van der Waals surface area contributed by atoms with Crippen LogP contribution in [0.3, 0.4) is 0 Å². The summed E-state index contributed by atoms with van der Waals surface area (Å²) in [6.45, 7) is 3.60. The van der Waals surface area contributed by atoms with E-state index in [0.717, 1.165) is 6.26 Å². The van der Waals surface area contributed by atoms with Crippen molar-refractivity contribution < 1.29 is 27.5 Å². The highest BCUT2D eigenvalue weighted by molar-refractivity contribution is 7.92. The number of anilines is 1. The van der Waals surface area contributed by atoms with Crippen LogP contribution in [0.4, 0.5) is 5.69 Å². The molecule has 2 amide bonds. The number of piperazine rings is 1. The van der Waals surface area contributed by atoms with Gasteiger partial charge in [0.2, 0.25) is 15.9 Å². The second-order valence-electron chi connectivity index (χ2n) is 6.43. The summed E-state index contributed by atoms with van der Waals surface area (Å²) in [6.07, 6.45) is 1.21. The molecule has 1 aromatic carbocycles. The van der Waals surface area contributed by atoms with Crippen LogP contribution in [0.1, 0.15) is 30.1 Å². The molecule has 2 rings (SSSR count). The first-order valence-electron chi connectivity index (χ1n) is 9.00. The molecule has 0 aliphatic carbocycles. The minimum absolute atomic E-state index is 0.0552. The molecule has 1 fully saturated rings. The number of nitrogens with one attached hydrogen (secondary N) is 1. The zero-order valence-electron chi connectivity index (χ0n) is 16.0. The van der Waals surface area contributed by atoms with Crippen molar-refractivity contribution in [2.45, 2.75) is 19.8 Å². The maximum atomic E-state index is 12.6. The van der Waals surface area contributed by atoms with Gasteiger partial charge in [-0.15, -0.1) is 0 Å². The van der Waals surface area contributed by atoms with E-state index in [9.17, 15) is 22.8 Å². The van der Waals surface area contributed by atoms with E-state index >= 15 is 0 Å². The lowest BCUT2D eigenvalue weighted by Crippen LogP contribution is -2.50. The fraction of sp³-hybridized carbons (Fsp3) is 0.500. The number of carbonyl (C=O) groups is 3. The summed E-state index contributed by atoms with van der Waals surface area (Å²) in [6, 6.07) is 6.19. The maximum absolute atomic E-state index is 12.6. The highest BCUT2D eigenvalue weighted by Crippen LogP contribution is 2.14. The van der Waals surface area contributed by atoms with Crippen LogP contribution in [0.15, 0.2) is 24.3 Å². The molecule has 154 valence electrons. The molecule has 1 heterocycles. The lowest BCUT2D eigenvalue weighted by Gasteiger charge is -2.34. The monoisotopic (exact) mass is 411 g/mol. The number of nitrogens with zero attached hydrogens (tertiary/aromatic N) is 2. The fourth-order valence-electron chi connectivity index (χ4n) is 2.84. The Labute approximate surface area is 164 Å². The highest BCUT2D eigenvalue weighted by atomic mass is 32.2. The minimum Gasteiger partial charge on any atom is -0.466 e. The normalized spacial score (nSPS) is 14.5. The van der Waals surface area contributed by atoms with E-state index in [1.807, 2.05) is 0 Å². The Balaban J connectivity index is 1.84. The summed E-state index contributed by atoms with van der Waals surface area (Å²) in [7, 11) is -3.37. The minimum atomic E-state index is -3.37. The first kappa shape index (κ1) is 21.7. The van der Waals surface area contributed by atoms with E-state index in [1.165, 1.54) is 12.1 Å². The van der Waals surface area contributed by atoms with E-state index in [0.29, 0.717) is 44.0 Å². The van der Waals surface area contributed by atoms with Gasteiger partial charge in [-0.3, -0.25) is 19.1 Å². The van der Waals surface area contributed by atoms with Gasteiger partial charge in [0.1, 0.15) is 0 Å². The van der Waals surface area contributed by atoms with Crippen molar-refractivity contribution in [1.82, 2.24) is 9.80 Å². The second-order valence-corrected chi connectivity index (χ2v) is 8.18. The van der Waals surface area contributed by atoms with E-state index in [-0.39, 0.29) is 24.7 Å². The molecule has 28 heavy (non-hydrogen) atoms. The predicted octanol–water partition coefficient (Wildman–Crippen LogP) is 0.686. The van der Waals surface area contributed by atoms with Gasteiger partial charge in [0.05, 0.1) is 19.3 Å². The van der Waals surface area contributed by atoms with Crippen molar-refractivity contribution in [2.75, 3.05) is 43.8 Å². The number of benzene rings is 1. The van der Waals surface area contributed by atoms with Gasteiger partial charge in [0.25, 0.3) is 5.91 Å². The van der Waals surface area contributed by atoms with Gasteiger partial charge in [-0.25, -0.2) is 8.42 Å². The van der Waals surface area contributed by atoms with Crippen molar-refractivity contribution in [2.24, 2.45) is 0 Å². The van der Waals surface area contributed by atoms with Crippen molar-refractivity contribution in [3.05, 3.63) is 29.8 Å². The Morgan fingerprint density at radius 3 is 2.11 bits per heavy atom. The lowest BCUT2D eigenvalue weighted by atomic mass is 10.1. The number of ether oxygens (including phenoxy) is 1. The molecule has 10 heteroatoms. The van der Waals surface area contributed by atoms with Gasteiger partial charge in [-0.05, 0) is 31.2 Å². The Morgan fingerprint density at radius 1 is 1.00 bits per heavy atom. The average Bonchev–Trinajstić information content (AvgIpc) is 2.65. The zero-order chi connectivity index (χ0) is 20.7. The molecule has 1 N–H and O–H groups in total.